The molecule has 0 aliphatic carbocycles. The van der Waals surface area contributed by atoms with Gasteiger partial charge in [-0.2, -0.15) is 0 Å². The summed E-state index contributed by atoms with van der Waals surface area (Å²) >= 11 is 0. The average Bonchev–Trinajstić information content (AvgIpc) is 3.19. The van der Waals surface area contributed by atoms with Crippen LogP contribution in [0.15, 0.2) is 18.2 Å². The lowest BCUT2D eigenvalue weighted by molar-refractivity contribution is 0.0342. The molecule has 2 unspecified atom stereocenters. The molecule has 1 amide bonds. The van der Waals surface area contributed by atoms with Crippen LogP contribution < -0.4 is 5.32 Å². The van der Waals surface area contributed by atoms with Gasteiger partial charge in [0.2, 0.25) is 0 Å². The summed E-state index contributed by atoms with van der Waals surface area (Å²) in [5.74, 6) is 1.03. The molecule has 0 spiro atoms. The first-order valence-electron chi connectivity index (χ1n) is 10.1. The van der Waals surface area contributed by atoms with E-state index in [-0.39, 0.29) is 29.5 Å². The van der Waals surface area contributed by atoms with Gasteiger partial charge < -0.3 is 14.6 Å². The molecule has 9 heteroatoms. The molecule has 0 saturated carbocycles. The second kappa shape index (κ2) is 8.04. The van der Waals surface area contributed by atoms with Gasteiger partial charge in [-0.3, -0.25) is 9.69 Å². The van der Waals surface area contributed by atoms with Crippen LogP contribution in [0.1, 0.15) is 35.6 Å². The van der Waals surface area contributed by atoms with E-state index < -0.39 is 9.84 Å². The topological polar surface area (TPSA) is 93.5 Å². The number of benzene rings is 1. The van der Waals surface area contributed by atoms with Crippen molar-refractivity contribution in [2.24, 2.45) is 0 Å². The van der Waals surface area contributed by atoms with Gasteiger partial charge in [0.25, 0.3) is 5.91 Å². The molecule has 0 bridgehead atoms. The van der Waals surface area contributed by atoms with Gasteiger partial charge in [-0.15, -0.1) is 0 Å². The number of amides is 1. The van der Waals surface area contributed by atoms with E-state index in [1.54, 1.807) is 12.1 Å². The molecule has 2 fully saturated rings. The summed E-state index contributed by atoms with van der Waals surface area (Å²) < 4.78 is 31.1. The number of sulfone groups is 1. The first-order valence-corrected chi connectivity index (χ1v) is 11.9. The highest BCUT2D eigenvalue weighted by atomic mass is 32.2. The number of nitrogens with one attached hydrogen (secondary N) is 1. The van der Waals surface area contributed by atoms with E-state index in [1.165, 1.54) is 0 Å². The third-order valence-corrected chi connectivity index (χ3v) is 7.47. The van der Waals surface area contributed by atoms with Gasteiger partial charge in [0.05, 0.1) is 41.8 Å². The zero-order valence-electron chi connectivity index (χ0n) is 16.9. The zero-order chi connectivity index (χ0) is 20.6. The predicted octanol–water partition coefficient (Wildman–Crippen LogP) is 1.15. The Labute approximate surface area is 171 Å². The van der Waals surface area contributed by atoms with E-state index in [0.717, 1.165) is 49.7 Å². The highest BCUT2D eigenvalue weighted by molar-refractivity contribution is 7.91. The van der Waals surface area contributed by atoms with Crippen LogP contribution in [0.3, 0.4) is 0 Å². The Morgan fingerprint density at radius 1 is 1.34 bits per heavy atom. The number of carbonyl (C=O) groups excluding carboxylic acids is 1. The van der Waals surface area contributed by atoms with Gasteiger partial charge in [-0.25, -0.2) is 13.4 Å². The number of fused-ring (bicyclic) bond motifs is 1. The summed E-state index contributed by atoms with van der Waals surface area (Å²) in [7, 11) is -2.98. The van der Waals surface area contributed by atoms with E-state index in [1.807, 2.05) is 24.5 Å². The molecule has 0 radical (unpaired) electrons. The van der Waals surface area contributed by atoms with Gasteiger partial charge >= 0.3 is 0 Å². The van der Waals surface area contributed by atoms with Crippen molar-refractivity contribution in [1.29, 1.82) is 0 Å². The highest BCUT2D eigenvalue weighted by Crippen LogP contribution is 2.29. The Hall–Kier alpha value is -1.97. The molecule has 4 rings (SSSR count). The molecular weight excluding hydrogens is 392 g/mol. The van der Waals surface area contributed by atoms with Gasteiger partial charge in [0.1, 0.15) is 5.82 Å². The minimum Gasteiger partial charge on any atom is -0.379 e. The predicted molar refractivity (Wildman–Crippen MR) is 111 cm³/mol. The normalized spacial score (nSPS) is 23.3. The van der Waals surface area contributed by atoms with E-state index >= 15 is 0 Å². The largest absolute Gasteiger partial charge is 0.379 e. The van der Waals surface area contributed by atoms with Crippen molar-refractivity contribution in [2.75, 3.05) is 44.4 Å². The Morgan fingerprint density at radius 2 is 2.10 bits per heavy atom. The maximum atomic E-state index is 12.7. The summed E-state index contributed by atoms with van der Waals surface area (Å²) in [6.07, 6.45) is 0.607. The average molecular weight is 421 g/mol. The Balaban J connectivity index is 1.48. The van der Waals surface area contributed by atoms with Crippen molar-refractivity contribution in [2.45, 2.75) is 32.4 Å². The standard InChI is InChI=1S/C20H28N4O4S/c1-14(12-23-6-8-28-9-7-23)21-20(25)16-3-4-19-18(11-16)22-15(2)24(19)17-5-10-29(26,27)13-17/h3-4,11,14,17H,5-10,12-13H2,1-2H3,(H,21,25). The van der Waals surface area contributed by atoms with Crippen molar-refractivity contribution in [3.8, 4) is 0 Å². The highest BCUT2D eigenvalue weighted by Gasteiger charge is 2.31. The van der Waals surface area contributed by atoms with Crippen LogP contribution in [-0.4, -0.2) is 79.2 Å². The van der Waals surface area contributed by atoms with Crippen LogP contribution in [0, 0.1) is 6.92 Å². The van der Waals surface area contributed by atoms with Gasteiger partial charge in [0, 0.05) is 31.2 Å². The lowest BCUT2D eigenvalue weighted by Crippen LogP contribution is -2.46. The lowest BCUT2D eigenvalue weighted by atomic mass is 10.1. The van der Waals surface area contributed by atoms with Crippen LogP contribution in [0.4, 0.5) is 0 Å². The molecule has 29 heavy (non-hydrogen) atoms. The monoisotopic (exact) mass is 420 g/mol. The van der Waals surface area contributed by atoms with Crippen LogP contribution in [-0.2, 0) is 14.6 Å². The molecule has 2 aliphatic heterocycles. The van der Waals surface area contributed by atoms with Crippen LogP contribution in [0.2, 0.25) is 0 Å². The number of rotatable bonds is 5. The molecule has 1 aromatic carbocycles. The van der Waals surface area contributed by atoms with Crippen LogP contribution >= 0.6 is 0 Å². The number of carbonyl (C=O) groups is 1. The second-order valence-corrected chi connectivity index (χ2v) is 10.3. The summed E-state index contributed by atoms with van der Waals surface area (Å²) in [6.45, 7) is 7.93. The molecule has 3 heterocycles. The third kappa shape index (κ3) is 4.46. The maximum absolute atomic E-state index is 12.7. The summed E-state index contributed by atoms with van der Waals surface area (Å²) in [4.78, 5) is 19.6. The van der Waals surface area contributed by atoms with Crippen molar-refractivity contribution in [3.63, 3.8) is 0 Å². The second-order valence-electron chi connectivity index (χ2n) is 8.08. The first-order chi connectivity index (χ1) is 13.8. The summed E-state index contributed by atoms with van der Waals surface area (Å²) in [6, 6.07) is 5.40. The number of ether oxygens (including phenoxy) is 1. The van der Waals surface area contributed by atoms with Crippen LogP contribution in [0.5, 0.6) is 0 Å². The van der Waals surface area contributed by atoms with Gasteiger partial charge in [0.15, 0.2) is 9.84 Å². The maximum Gasteiger partial charge on any atom is 0.251 e. The van der Waals surface area contributed by atoms with Gasteiger partial charge in [-0.1, -0.05) is 0 Å². The smallest absolute Gasteiger partial charge is 0.251 e. The fourth-order valence-corrected chi connectivity index (χ4v) is 6.02. The lowest BCUT2D eigenvalue weighted by Gasteiger charge is -2.29. The Morgan fingerprint density at radius 3 is 2.79 bits per heavy atom. The molecular formula is C20H28N4O4S. The number of nitrogens with zero attached hydrogens (tertiary/aromatic N) is 3. The van der Waals surface area contributed by atoms with Gasteiger partial charge in [-0.05, 0) is 38.5 Å². The van der Waals surface area contributed by atoms with E-state index in [4.69, 9.17) is 4.74 Å². The molecule has 158 valence electrons. The molecule has 8 nitrogen and oxygen atoms in total. The summed E-state index contributed by atoms with van der Waals surface area (Å²) in [5, 5.41) is 3.06. The molecule has 2 aromatic rings. The first kappa shape index (κ1) is 20.3. The molecule has 2 atom stereocenters. The summed E-state index contributed by atoms with van der Waals surface area (Å²) in [5.41, 5.74) is 2.16. The van der Waals surface area contributed by atoms with Crippen molar-refractivity contribution < 1.29 is 17.9 Å². The zero-order valence-corrected chi connectivity index (χ0v) is 17.7. The number of aromatic nitrogens is 2. The minimum atomic E-state index is -2.98. The van der Waals surface area contributed by atoms with Crippen molar-refractivity contribution in [3.05, 3.63) is 29.6 Å². The molecule has 1 aromatic heterocycles. The van der Waals surface area contributed by atoms with E-state index in [2.05, 4.69) is 15.2 Å². The fourth-order valence-electron chi connectivity index (χ4n) is 4.32. The third-order valence-electron chi connectivity index (χ3n) is 5.71. The van der Waals surface area contributed by atoms with Crippen molar-refractivity contribution >= 4 is 26.8 Å². The molecule has 2 saturated heterocycles. The quantitative estimate of drug-likeness (QED) is 0.780. The van der Waals surface area contributed by atoms with E-state index in [9.17, 15) is 13.2 Å². The Kier molecular flexibility index (Phi) is 5.63. The minimum absolute atomic E-state index is 0.0271. The Bertz CT molecular complexity index is 1010. The number of morpholine rings is 1. The number of imidazole rings is 1. The van der Waals surface area contributed by atoms with E-state index in [0.29, 0.717) is 12.0 Å². The number of aryl methyl sites for hydroxylation is 1. The number of hydrogen-bond acceptors (Lipinski definition) is 6. The molecule has 2 aliphatic rings. The van der Waals surface area contributed by atoms with Crippen LogP contribution in [0.25, 0.3) is 11.0 Å². The number of hydrogen-bond donors (Lipinski definition) is 1. The van der Waals surface area contributed by atoms with Crippen molar-refractivity contribution in [1.82, 2.24) is 19.8 Å². The molecule has 1 N–H and O–H groups in total. The fraction of sp³-hybridized carbons (Fsp3) is 0.600. The SMILES string of the molecule is Cc1nc2cc(C(=O)NC(C)CN3CCOCC3)ccc2n1C1CCS(=O)(=O)C1.